The molecule has 1 aromatic heterocycles. The largest absolute Gasteiger partial charge is 0.378 e. The van der Waals surface area contributed by atoms with Gasteiger partial charge in [-0.1, -0.05) is 12.1 Å². The van der Waals surface area contributed by atoms with Crippen LogP contribution in [0.3, 0.4) is 0 Å². The highest BCUT2D eigenvalue weighted by Gasteiger charge is 2.24. The molecule has 0 bridgehead atoms. The summed E-state index contributed by atoms with van der Waals surface area (Å²) in [4.78, 5) is 30.1. The lowest BCUT2D eigenvalue weighted by atomic mass is 10.1. The van der Waals surface area contributed by atoms with Gasteiger partial charge in [0, 0.05) is 60.0 Å². The zero-order valence-electron chi connectivity index (χ0n) is 19.9. The first kappa shape index (κ1) is 22.8. The van der Waals surface area contributed by atoms with Gasteiger partial charge < -0.3 is 31.2 Å². The van der Waals surface area contributed by atoms with E-state index in [-0.39, 0.29) is 11.9 Å². The van der Waals surface area contributed by atoms with E-state index in [9.17, 15) is 9.59 Å². The summed E-state index contributed by atoms with van der Waals surface area (Å²) in [5.41, 5.74) is 7.11. The van der Waals surface area contributed by atoms with Gasteiger partial charge in [-0.3, -0.25) is 4.79 Å². The Labute approximate surface area is 209 Å². The van der Waals surface area contributed by atoms with Crippen molar-refractivity contribution in [3.05, 3.63) is 96.3 Å². The van der Waals surface area contributed by atoms with Crippen molar-refractivity contribution in [3.8, 4) is 0 Å². The molecule has 5 N–H and O–H groups in total. The molecule has 180 valence electrons. The minimum Gasteiger partial charge on any atom is -0.378 e. The van der Waals surface area contributed by atoms with E-state index in [4.69, 9.17) is 0 Å². The minimum absolute atomic E-state index is 0.134. The molecule has 0 fully saturated rings. The number of H-pyrrole nitrogens is 1. The molecule has 0 unspecified atom stereocenters. The maximum Gasteiger partial charge on any atom is 0.323 e. The Kier molecular flexibility index (Phi) is 6.15. The van der Waals surface area contributed by atoms with E-state index in [1.165, 1.54) is 0 Å². The number of carbonyl (C=O) groups is 2. The van der Waals surface area contributed by atoms with Gasteiger partial charge in [-0.15, -0.1) is 0 Å². The zero-order chi connectivity index (χ0) is 25.1. The lowest BCUT2D eigenvalue weighted by Gasteiger charge is -2.14. The summed E-state index contributed by atoms with van der Waals surface area (Å²) in [6.45, 7) is 0. The lowest BCUT2D eigenvalue weighted by molar-refractivity contribution is -0.110. The normalized spacial score (nSPS) is 13.2. The van der Waals surface area contributed by atoms with Crippen molar-refractivity contribution >= 4 is 57.7 Å². The fourth-order valence-electron chi connectivity index (χ4n) is 3.98. The van der Waals surface area contributed by atoms with Crippen LogP contribution in [0.25, 0.3) is 11.6 Å². The molecule has 1 aliphatic heterocycles. The number of carbonyl (C=O) groups excluding carboxylic acids is 2. The molecule has 0 spiro atoms. The summed E-state index contributed by atoms with van der Waals surface area (Å²) >= 11 is 0. The summed E-state index contributed by atoms with van der Waals surface area (Å²) in [5.74, 6) is -0.134. The van der Waals surface area contributed by atoms with Gasteiger partial charge >= 0.3 is 6.03 Å². The molecule has 8 nitrogen and oxygen atoms in total. The number of aromatic nitrogens is 1. The number of urea groups is 1. The highest BCUT2D eigenvalue weighted by atomic mass is 16.2. The van der Waals surface area contributed by atoms with Crippen LogP contribution in [0, 0.1) is 0 Å². The number of hydrogen-bond donors (Lipinski definition) is 5. The van der Waals surface area contributed by atoms with Crippen LogP contribution in [0.1, 0.15) is 11.3 Å². The quantitative estimate of drug-likeness (QED) is 0.221. The van der Waals surface area contributed by atoms with Crippen molar-refractivity contribution in [1.82, 2.24) is 4.98 Å². The Morgan fingerprint density at radius 2 is 1.56 bits per heavy atom. The SMILES string of the molecule is CN(C)c1ccc(NC(=O)Nc2cccc(Nc3ccc4c(c3)NC(=O)C4=Cc3ccc[nH]3)c2)cc1. The fraction of sp³-hybridized carbons (Fsp3) is 0.0714. The predicted molar refractivity (Wildman–Crippen MR) is 147 cm³/mol. The van der Waals surface area contributed by atoms with Crippen LogP contribution in [0.2, 0.25) is 0 Å². The van der Waals surface area contributed by atoms with E-state index in [0.717, 1.165) is 34.0 Å². The number of rotatable bonds is 6. The highest BCUT2D eigenvalue weighted by molar-refractivity contribution is 6.35. The van der Waals surface area contributed by atoms with Crippen LogP contribution >= 0.6 is 0 Å². The number of anilines is 6. The number of nitrogens with zero attached hydrogens (tertiary/aromatic N) is 1. The van der Waals surface area contributed by atoms with E-state index >= 15 is 0 Å². The van der Waals surface area contributed by atoms with Crippen LogP contribution in [0.5, 0.6) is 0 Å². The average molecular weight is 479 g/mol. The Balaban J connectivity index is 1.25. The second-order valence-electron chi connectivity index (χ2n) is 8.62. The Hall–Kier alpha value is -4.98. The van der Waals surface area contributed by atoms with Gasteiger partial charge in [0.15, 0.2) is 0 Å². The number of fused-ring (bicyclic) bond motifs is 1. The summed E-state index contributed by atoms with van der Waals surface area (Å²) in [7, 11) is 3.93. The van der Waals surface area contributed by atoms with Gasteiger partial charge in [-0.25, -0.2) is 4.79 Å². The molecular weight excluding hydrogens is 452 g/mol. The lowest BCUT2D eigenvalue weighted by Crippen LogP contribution is -2.19. The first-order valence-corrected chi connectivity index (χ1v) is 11.5. The molecule has 36 heavy (non-hydrogen) atoms. The number of hydrogen-bond acceptors (Lipinski definition) is 4. The second-order valence-corrected chi connectivity index (χ2v) is 8.62. The summed E-state index contributed by atoms with van der Waals surface area (Å²) in [5, 5.41) is 12.0. The molecule has 8 heteroatoms. The van der Waals surface area contributed by atoms with Gasteiger partial charge in [-0.05, 0) is 72.8 Å². The van der Waals surface area contributed by atoms with E-state index in [2.05, 4.69) is 26.3 Å². The maximum atomic E-state index is 12.5. The minimum atomic E-state index is -0.327. The summed E-state index contributed by atoms with van der Waals surface area (Å²) in [6.07, 6.45) is 3.66. The predicted octanol–water partition coefficient (Wildman–Crippen LogP) is 5.96. The maximum absolute atomic E-state index is 12.5. The number of aromatic amines is 1. The molecule has 0 aliphatic carbocycles. The van der Waals surface area contributed by atoms with Crippen LogP contribution in [-0.2, 0) is 4.79 Å². The van der Waals surface area contributed by atoms with Gasteiger partial charge in [-0.2, -0.15) is 0 Å². The van der Waals surface area contributed by atoms with E-state index in [1.807, 2.05) is 110 Å². The van der Waals surface area contributed by atoms with Gasteiger partial charge in [0.2, 0.25) is 0 Å². The molecule has 0 atom stereocenters. The first-order valence-electron chi connectivity index (χ1n) is 11.5. The van der Waals surface area contributed by atoms with Crippen LogP contribution in [0.4, 0.5) is 38.9 Å². The van der Waals surface area contributed by atoms with Gasteiger partial charge in [0.05, 0.1) is 11.3 Å². The van der Waals surface area contributed by atoms with Crippen LogP contribution in [-0.4, -0.2) is 31.0 Å². The third kappa shape index (κ3) is 5.07. The van der Waals surface area contributed by atoms with Crippen LogP contribution in [0.15, 0.2) is 85.1 Å². The molecule has 0 saturated carbocycles. The third-order valence-electron chi connectivity index (χ3n) is 5.78. The summed E-state index contributed by atoms with van der Waals surface area (Å²) < 4.78 is 0. The third-order valence-corrected chi connectivity index (χ3v) is 5.78. The molecular formula is C28H26N6O2. The number of benzene rings is 3. The van der Waals surface area contributed by atoms with Crippen molar-refractivity contribution in [2.45, 2.75) is 0 Å². The smallest absolute Gasteiger partial charge is 0.323 e. The molecule has 1 aliphatic rings. The molecule has 5 rings (SSSR count). The van der Waals surface area contributed by atoms with E-state index in [0.29, 0.717) is 16.9 Å². The topological polar surface area (TPSA) is 101 Å². The van der Waals surface area contributed by atoms with Gasteiger partial charge in [0.1, 0.15) is 0 Å². The standard InChI is InChI=1S/C28H26N6O2/c1-34(2)23-11-8-18(9-12-23)31-28(36)32-21-6-3-5-20(15-21)30-22-10-13-24-25(16-19-7-4-14-29-19)27(35)33-26(24)17-22/h3-17,29-30H,1-2H3,(H,33,35)(H2,31,32,36). The molecule has 4 aromatic rings. The zero-order valence-corrected chi connectivity index (χ0v) is 19.9. The molecule has 3 amide bonds. The molecule has 2 heterocycles. The highest BCUT2D eigenvalue weighted by Crippen LogP contribution is 2.35. The van der Waals surface area contributed by atoms with Crippen molar-refractivity contribution in [2.24, 2.45) is 0 Å². The van der Waals surface area contributed by atoms with Crippen molar-refractivity contribution in [1.29, 1.82) is 0 Å². The second kappa shape index (κ2) is 9.71. The number of amides is 3. The average Bonchev–Trinajstić information content (AvgIpc) is 3.47. The monoisotopic (exact) mass is 478 g/mol. The van der Waals surface area contributed by atoms with E-state index < -0.39 is 0 Å². The first-order chi connectivity index (χ1) is 17.4. The van der Waals surface area contributed by atoms with Crippen molar-refractivity contribution in [2.75, 3.05) is 40.3 Å². The fourth-order valence-corrected chi connectivity index (χ4v) is 3.98. The Morgan fingerprint density at radius 3 is 2.31 bits per heavy atom. The van der Waals surface area contributed by atoms with Crippen molar-refractivity contribution in [3.63, 3.8) is 0 Å². The molecule has 0 radical (unpaired) electrons. The summed E-state index contributed by atoms with van der Waals surface area (Å²) in [6, 6.07) is 24.2. The van der Waals surface area contributed by atoms with E-state index in [1.54, 1.807) is 0 Å². The van der Waals surface area contributed by atoms with Gasteiger partial charge in [0.25, 0.3) is 5.91 Å². The Morgan fingerprint density at radius 1 is 0.833 bits per heavy atom. The molecule has 3 aromatic carbocycles. The van der Waals surface area contributed by atoms with Crippen molar-refractivity contribution < 1.29 is 9.59 Å². The van der Waals surface area contributed by atoms with Crippen LogP contribution < -0.4 is 26.2 Å². The Bertz CT molecular complexity index is 1440. The molecule has 0 saturated heterocycles. The number of nitrogens with one attached hydrogen (secondary N) is 5.